The summed E-state index contributed by atoms with van der Waals surface area (Å²) < 4.78 is 1.96. The van der Waals surface area contributed by atoms with Crippen LogP contribution in [0.3, 0.4) is 0 Å². The second-order valence-electron chi connectivity index (χ2n) is 6.91. The number of carbonyl (C=O) groups is 3. The number of benzene rings is 2. The van der Waals surface area contributed by atoms with Gasteiger partial charge in [-0.3, -0.25) is 14.4 Å². The first-order chi connectivity index (χ1) is 15.4. The van der Waals surface area contributed by atoms with E-state index in [1.807, 2.05) is 35.0 Å². The number of imidazole rings is 1. The van der Waals surface area contributed by atoms with Gasteiger partial charge in [-0.15, -0.1) is 0 Å². The number of halogens is 2. The fourth-order valence-electron chi connectivity index (χ4n) is 2.79. The van der Waals surface area contributed by atoms with Crippen LogP contribution in [0.1, 0.15) is 21.5 Å². The SMILES string of the molecule is O=C(CNC(=O)CNC(=O)c1ccc(Cl)cc1Cl)NCc1ccc(Cn2ccnc2)cc1. The Hall–Kier alpha value is -3.36. The van der Waals surface area contributed by atoms with E-state index in [4.69, 9.17) is 23.2 Å². The van der Waals surface area contributed by atoms with Crippen LogP contribution in [0, 0.1) is 0 Å². The Labute approximate surface area is 194 Å². The van der Waals surface area contributed by atoms with Gasteiger partial charge in [-0.05, 0) is 29.3 Å². The van der Waals surface area contributed by atoms with E-state index in [9.17, 15) is 14.4 Å². The molecule has 0 aliphatic carbocycles. The molecule has 3 amide bonds. The lowest BCUT2D eigenvalue weighted by molar-refractivity contribution is -0.125. The lowest BCUT2D eigenvalue weighted by Gasteiger charge is -2.09. The summed E-state index contributed by atoms with van der Waals surface area (Å²) in [5.74, 6) is -1.35. The van der Waals surface area contributed by atoms with Crippen molar-refractivity contribution in [2.24, 2.45) is 0 Å². The molecule has 0 spiro atoms. The Morgan fingerprint density at radius 3 is 2.25 bits per heavy atom. The van der Waals surface area contributed by atoms with Gasteiger partial charge in [0.15, 0.2) is 0 Å². The van der Waals surface area contributed by atoms with E-state index in [1.165, 1.54) is 18.2 Å². The van der Waals surface area contributed by atoms with Crippen LogP contribution in [0.2, 0.25) is 10.0 Å². The van der Waals surface area contributed by atoms with Gasteiger partial charge < -0.3 is 20.5 Å². The molecule has 0 aliphatic rings. The zero-order valence-electron chi connectivity index (χ0n) is 17.0. The average Bonchev–Trinajstić information content (AvgIpc) is 3.28. The van der Waals surface area contributed by atoms with Crippen molar-refractivity contribution in [1.82, 2.24) is 25.5 Å². The van der Waals surface area contributed by atoms with Crippen LogP contribution in [0.25, 0.3) is 0 Å². The summed E-state index contributed by atoms with van der Waals surface area (Å²) in [6.07, 6.45) is 5.37. The summed E-state index contributed by atoms with van der Waals surface area (Å²) in [5, 5.41) is 8.23. The number of hydrogen-bond donors (Lipinski definition) is 3. The van der Waals surface area contributed by atoms with Gasteiger partial charge in [-0.1, -0.05) is 47.5 Å². The third kappa shape index (κ3) is 7.11. The van der Waals surface area contributed by atoms with Crippen LogP contribution in [0.5, 0.6) is 0 Å². The van der Waals surface area contributed by atoms with E-state index in [0.717, 1.165) is 17.7 Å². The van der Waals surface area contributed by atoms with Crippen LogP contribution in [0.4, 0.5) is 0 Å². The average molecular weight is 474 g/mol. The minimum Gasteiger partial charge on any atom is -0.350 e. The lowest BCUT2D eigenvalue weighted by atomic mass is 10.1. The number of nitrogens with zero attached hydrogens (tertiary/aromatic N) is 2. The maximum atomic E-state index is 12.1. The third-order valence-electron chi connectivity index (χ3n) is 4.47. The molecule has 166 valence electrons. The zero-order valence-corrected chi connectivity index (χ0v) is 18.5. The summed E-state index contributed by atoms with van der Waals surface area (Å²) in [6, 6.07) is 12.3. The molecule has 10 heteroatoms. The summed E-state index contributed by atoms with van der Waals surface area (Å²) in [6.45, 7) is 0.573. The van der Waals surface area contributed by atoms with E-state index in [0.29, 0.717) is 11.6 Å². The van der Waals surface area contributed by atoms with Crippen molar-refractivity contribution in [1.29, 1.82) is 0 Å². The Morgan fingerprint density at radius 2 is 1.56 bits per heavy atom. The Balaban J connectivity index is 1.35. The molecule has 8 nitrogen and oxygen atoms in total. The quantitative estimate of drug-likeness (QED) is 0.443. The molecule has 0 saturated heterocycles. The van der Waals surface area contributed by atoms with Gasteiger partial charge >= 0.3 is 0 Å². The normalized spacial score (nSPS) is 10.4. The summed E-state index contributed by atoms with van der Waals surface area (Å²) in [5.41, 5.74) is 2.26. The zero-order chi connectivity index (χ0) is 22.9. The van der Waals surface area contributed by atoms with Gasteiger partial charge in [-0.25, -0.2) is 4.98 Å². The molecule has 3 N–H and O–H groups in total. The summed E-state index contributed by atoms with van der Waals surface area (Å²) >= 11 is 11.8. The molecule has 3 aromatic rings. The standard InChI is InChI=1S/C22H21Cl2N5O3/c23-17-5-6-18(19(24)9-17)22(32)28-12-21(31)27-11-20(30)26-10-15-1-3-16(4-2-15)13-29-8-7-25-14-29/h1-9,14H,10-13H2,(H,26,30)(H,27,31)(H,28,32). The van der Waals surface area contributed by atoms with Crippen LogP contribution < -0.4 is 16.0 Å². The predicted molar refractivity (Wildman–Crippen MR) is 121 cm³/mol. The molecule has 2 aromatic carbocycles. The number of nitrogens with one attached hydrogen (secondary N) is 3. The predicted octanol–water partition coefficient (Wildman–Crippen LogP) is 2.40. The molecular formula is C22H21Cl2N5O3. The van der Waals surface area contributed by atoms with E-state index in [1.54, 1.807) is 12.5 Å². The van der Waals surface area contributed by atoms with Crippen LogP contribution in [0.15, 0.2) is 61.2 Å². The first-order valence-electron chi connectivity index (χ1n) is 9.71. The van der Waals surface area contributed by atoms with Gasteiger partial charge in [0.25, 0.3) is 5.91 Å². The van der Waals surface area contributed by atoms with Crippen LogP contribution >= 0.6 is 23.2 Å². The molecule has 0 unspecified atom stereocenters. The first-order valence-corrected chi connectivity index (χ1v) is 10.5. The second-order valence-corrected chi connectivity index (χ2v) is 7.76. The number of rotatable bonds is 9. The van der Waals surface area contributed by atoms with Crippen molar-refractivity contribution in [3.63, 3.8) is 0 Å². The fourth-order valence-corrected chi connectivity index (χ4v) is 3.28. The van der Waals surface area contributed by atoms with Crippen LogP contribution in [-0.2, 0) is 22.7 Å². The van der Waals surface area contributed by atoms with Gasteiger partial charge in [0.2, 0.25) is 11.8 Å². The molecule has 1 heterocycles. The van der Waals surface area contributed by atoms with Gasteiger partial charge in [0, 0.05) is 30.5 Å². The maximum absolute atomic E-state index is 12.1. The molecule has 0 aliphatic heterocycles. The van der Waals surface area contributed by atoms with Gasteiger partial charge in [0.1, 0.15) is 0 Å². The molecule has 32 heavy (non-hydrogen) atoms. The molecule has 0 saturated carbocycles. The monoisotopic (exact) mass is 473 g/mol. The fraction of sp³-hybridized carbons (Fsp3) is 0.182. The van der Waals surface area contributed by atoms with Crippen molar-refractivity contribution < 1.29 is 14.4 Å². The number of amides is 3. The minimum atomic E-state index is -0.511. The number of aromatic nitrogens is 2. The molecule has 0 atom stereocenters. The molecule has 3 rings (SSSR count). The lowest BCUT2D eigenvalue weighted by Crippen LogP contribution is -2.41. The van der Waals surface area contributed by atoms with E-state index in [-0.39, 0.29) is 29.6 Å². The highest BCUT2D eigenvalue weighted by atomic mass is 35.5. The molecule has 0 fully saturated rings. The molecular weight excluding hydrogens is 453 g/mol. The first kappa shape index (κ1) is 23.3. The highest BCUT2D eigenvalue weighted by molar-refractivity contribution is 6.36. The summed E-state index contributed by atoms with van der Waals surface area (Å²) in [7, 11) is 0. The van der Waals surface area contributed by atoms with Gasteiger partial charge in [-0.2, -0.15) is 0 Å². The third-order valence-corrected chi connectivity index (χ3v) is 5.02. The van der Waals surface area contributed by atoms with Crippen molar-refractivity contribution >= 4 is 40.9 Å². The van der Waals surface area contributed by atoms with E-state index in [2.05, 4.69) is 20.9 Å². The molecule has 0 bridgehead atoms. The second kappa shape index (κ2) is 11.3. The largest absolute Gasteiger partial charge is 0.350 e. The van der Waals surface area contributed by atoms with Crippen molar-refractivity contribution in [2.75, 3.05) is 13.1 Å². The van der Waals surface area contributed by atoms with E-state index >= 15 is 0 Å². The maximum Gasteiger partial charge on any atom is 0.253 e. The van der Waals surface area contributed by atoms with Crippen molar-refractivity contribution in [2.45, 2.75) is 13.1 Å². The number of hydrogen-bond acceptors (Lipinski definition) is 4. The highest BCUT2D eigenvalue weighted by Gasteiger charge is 2.12. The van der Waals surface area contributed by atoms with Crippen molar-refractivity contribution in [3.8, 4) is 0 Å². The van der Waals surface area contributed by atoms with E-state index < -0.39 is 11.8 Å². The highest BCUT2D eigenvalue weighted by Crippen LogP contribution is 2.20. The molecule has 1 aromatic heterocycles. The molecule has 0 radical (unpaired) electrons. The Morgan fingerprint density at radius 1 is 0.875 bits per heavy atom. The topological polar surface area (TPSA) is 105 Å². The van der Waals surface area contributed by atoms with Gasteiger partial charge in [0.05, 0.1) is 30.0 Å². The Bertz CT molecular complexity index is 1090. The summed E-state index contributed by atoms with van der Waals surface area (Å²) in [4.78, 5) is 40.0. The number of carbonyl (C=O) groups excluding carboxylic acids is 3. The smallest absolute Gasteiger partial charge is 0.253 e. The van der Waals surface area contributed by atoms with Crippen LogP contribution in [-0.4, -0.2) is 40.4 Å². The van der Waals surface area contributed by atoms with Crippen molar-refractivity contribution in [3.05, 3.63) is 87.9 Å². The Kier molecular flexibility index (Phi) is 8.24. The minimum absolute atomic E-state index is 0.185.